The van der Waals surface area contributed by atoms with Gasteiger partial charge in [0, 0.05) is 11.4 Å². The van der Waals surface area contributed by atoms with Crippen molar-refractivity contribution in [3.8, 4) is 0 Å². The number of hydrogen-bond donors (Lipinski definition) is 1. The van der Waals surface area contributed by atoms with Crippen molar-refractivity contribution in [2.75, 3.05) is 0 Å². The maximum Gasteiger partial charge on any atom is 0.0773 e. The zero-order valence-electron chi connectivity index (χ0n) is 7.05. The Bertz CT molecular complexity index is 365. The van der Waals surface area contributed by atoms with Gasteiger partial charge in [-0.2, -0.15) is 0 Å². The lowest BCUT2D eigenvalue weighted by atomic mass is 10.4. The summed E-state index contributed by atoms with van der Waals surface area (Å²) < 4.78 is 1.83. The minimum Gasteiger partial charge on any atom is -0.325 e. The van der Waals surface area contributed by atoms with Crippen LogP contribution in [0.25, 0.3) is 0 Å². The predicted octanol–water partition coefficient (Wildman–Crippen LogP) is 0.847. The molecule has 0 unspecified atom stereocenters. The van der Waals surface area contributed by atoms with Gasteiger partial charge in [0.15, 0.2) is 0 Å². The third-order valence-electron chi connectivity index (χ3n) is 1.79. The standard InChI is InChI=1S/C8H10N4S/c9-4-7-5-10-11-12(7)6-8-2-1-3-13-8/h1-3,5H,4,6,9H2. The molecule has 0 atom stereocenters. The van der Waals surface area contributed by atoms with Crippen molar-refractivity contribution in [1.29, 1.82) is 0 Å². The molecule has 0 saturated heterocycles. The molecule has 0 spiro atoms. The molecule has 2 heterocycles. The monoisotopic (exact) mass is 194 g/mol. The summed E-state index contributed by atoms with van der Waals surface area (Å²) in [5.41, 5.74) is 6.49. The zero-order chi connectivity index (χ0) is 9.10. The van der Waals surface area contributed by atoms with Gasteiger partial charge < -0.3 is 5.73 Å². The van der Waals surface area contributed by atoms with Gasteiger partial charge in [-0.1, -0.05) is 11.3 Å². The van der Waals surface area contributed by atoms with Crippen molar-refractivity contribution < 1.29 is 0 Å². The smallest absolute Gasteiger partial charge is 0.0773 e. The summed E-state index contributed by atoms with van der Waals surface area (Å²) in [6.07, 6.45) is 1.70. The molecule has 0 aliphatic carbocycles. The van der Waals surface area contributed by atoms with E-state index < -0.39 is 0 Å². The maximum absolute atomic E-state index is 5.53. The first-order valence-corrected chi connectivity index (χ1v) is 4.88. The van der Waals surface area contributed by atoms with E-state index in [0.29, 0.717) is 6.54 Å². The fourth-order valence-electron chi connectivity index (χ4n) is 1.12. The Kier molecular flexibility index (Phi) is 2.37. The lowest BCUT2D eigenvalue weighted by Gasteiger charge is -2.00. The highest BCUT2D eigenvalue weighted by Gasteiger charge is 2.02. The third-order valence-corrected chi connectivity index (χ3v) is 2.65. The van der Waals surface area contributed by atoms with Crippen LogP contribution in [-0.4, -0.2) is 15.0 Å². The van der Waals surface area contributed by atoms with Gasteiger partial charge in [0.2, 0.25) is 0 Å². The molecule has 0 fully saturated rings. The Morgan fingerprint density at radius 3 is 3.15 bits per heavy atom. The van der Waals surface area contributed by atoms with E-state index in [1.165, 1.54) is 4.88 Å². The second-order valence-electron chi connectivity index (χ2n) is 2.67. The van der Waals surface area contributed by atoms with Gasteiger partial charge in [-0.3, -0.25) is 0 Å². The summed E-state index contributed by atoms with van der Waals surface area (Å²) in [7, 11) is 0. The van der Waals surface area contributed by atoms with Crippen LogP contribution < -0.4 is 5.73 Å². The molecule has 0 saturated carbocycles. The SMILES string of the molecule is NCc1cnnn1Cc1cccs1. The van der Waals surface area contributed by atoms with Crippen LogP contribution in [0.5, 0.6) is 0 Å². The number of nitrogens with two attached hydrogens (primary N) is 1. The van der Waals surface area contributed by atoms with Crippen LogP contribution in [0.15, 0.2) is 23.7 Å². The van der Waals surface area contributed by atoms with E-state index >= 15 is 0 Å². The van der Waals surface area contributed by atoms with Crippen molar-refractivity contribution in [3.63, 3.8) is 0 Å². The average molecular weight is 194 g/mol. The highest BCUT2D eigenvalue weighted by molar-refractivity contribution is 7.09. The zero-order valence-corrected chi connectivity index (χ0v) is 7.87. The fraction of sp³-hybridized carbons (Fsp3) is 0.250. The van der Waals surface area contributed by atoms with Crippen LogP contribution in [0.3, 0.4) is 0 Å². The number of rotatable bonds is 3. The minimum absolute atomic E-state index is 0.484. The molecule has 4 nitrogen and oxygen atoms in total. The molecule has 5 heteroatoms. The quantitative estimate of drug-likeness (QED) is 0.788. The summed E-state index contributed by atoms with van der Waals surface area (Å²) in [6.45, 7) is 1.25. The molecule has 2 aromatic heterocycles. The number of nitrogens with zero attached hydrogens (tertiary/aromatic N) is 3. The van der Waals surface area contributed by atoms with E-state index in [1.807, 2.05) is 16.1 Å². The van der Waals surface area contributed by atoms with Gasteiger partial charge in [0.1, 0.15) is 0 Å². The van der Waals surface area contributed by atoms with Crippen molar-refractivity contribution >= 4 is 11.3 Å². The predicted molar refractivity (Wildman–Crippen MR) is 51.3 cm³/mol. The Hall–Kier alpha value is -1.20. The number of thiophene rings is 1. The van der Waals surface area contributed by atoms with E-state index in [4.69, 9.17) is 5.73 Å². The van der Waals surface area contributed by atoms with E-state index in [2.05, 4.69) is 16.4 Å². The molecule has 2 aromatic rings. The largest absolute Gasteiger partial charge is 0.325 e. The third kappa shape index (κ3) is 1.76. The van der Waals surface area contributed by atoms with E-state index in [1.54, 1.807) is 17.5 Å². The lowest BCUT2D eigenvalue weighted by molar-refractivity contribution is 0.625. The maximum atomic E-state index is 5.53. The highest BCUT2D eigenvalue weighted by Crippen LogP contribution is 2.10. The highest BCUT2D eigenvalue weighted by atomic mass is 32.1. The second-order valence-corrected chi connectivity index (χ2v) is 3.70. The van der Waals surface area contributed by atoms with Gasteiger partial charge in [-0.15, -0.1) is 16.4 Å². The first-order chi connectivity index (χ1) is 6.40. The molecule has 0 radical (unpaired) electrons. The van der Waals surface area contributed by atoms with Crippen LogP contribution in [0.2, 0.25) is 0 Å². The Labute approximate surface area is 80.0 Å². The van der Waals surface area contributed by atoms with Crippen molar-refractivity contribution in [1.82, 2.24) is 15.0 Å². The van der Waals surface area contributed by atoms with Crippen LogP contribution in [-0.2, 0) is 13.1 Å². The number of aromatic nitrogens is 3. The molecule has 13 heavy (non-hydrogen) atoms. The first kappa shape index (κ1) is 8.40. The normalized spacial score (nSPS) is 10.5. The molecular formula is C8H10N4S. The van der Waals surface area contributed by atoms with E-state index in [9.17, 15) is 0 Å². The molecule has 68 valence electrons. The van der Waals surface area contributed by atoms with Crippen LogP contribution in [0, 0.1) is 0 Å². The van der Waals surface area contributed by atoms with Crippen LogP contribution in [0.4, 0.5) is 0 Å². The molecule has 0 amide bonds. The van der Waals surface area contributed by atoms with Crippen molar-refractivity contribution in [2.45, 2.75) is 13.1 Å². The summed E-state index contributed by atoms with van der Waals surface area (Å²) in [6, 6.07) is 4.10. The van der Waals surface area contributed by atoms with Crippen LogP contribution in [0.1, 0.15) is 10.6 Å². The van der Waals surface area contributed by atoms with Crippen LogP contribution >= 0.6 is 11.3 Å². The molecule has 0 aromatic carbocycles. The molecule has 0 aliphatic rings. The molecule has 2 rings (SSSR count). The van der Waals surface area contributed by atoms with Gasteiger partial charge in [0.25, 0.3) is 0 Å². The average Bonchev–Trinajstić information content (AvgIpc) is 2.76. The second kappa shape index (κ2) is 3.68. The summed E-state index contributed by atoms with van der Waals surface area (Å²) in [5.74, 6) is 0. The fourth-order valence-corrected chi connectivity index (χ4v) is 1.81. The van der Waals surface area contributed by atoms with E-state index in [0.717, 1.165) is 12.2 Å². The number of hydrogen-bond acceptors (Lipinski definition) is 4. The minimum atomic E-state index is 0.484. The summed E-state index contributed by atoms with van der Waals surface area (Å²) in [4.78, 5) is 1.26. The van der Waals surface area contributed by atoms with Gasteiger partial charge in [-0.25, -0.2) is 4.68 Å². The molecule has 0 aliphatic heterocycles. The summed E-state index contributed by atoms with van der Waals surface area (Å²) in [5, 5.41) is 9.82. The lowest BCUT2D eigenvalue weighted by Crippen LogP contribution is -2.08. The first-order valence-electron chi connectivity index (χ1n) is 4.00. The van der Waals surface area contributed by atoms with Gasteiger partial charge >= 0.3 is 0 Å². The van der Waals surface area contributed by atoms with Crippen molar-refractivity contribution in [3.05, 3.63) is 34.3 Å². The Balaban J connectivity index is 2.18. The Morgan fingerprint density at radius 1 is 1.54 bits per heavy atom. The molecular weight excluding hydrogens is 184 g/mol. The van der Waals surface area contributed by atoms with Gasteiger partial charge in [-0.05, 0) is 11.4 Å². The topological polar surface area (TPSA) is 56.7 Å². The Morgan fingerprint density at radius 2 is 2.46 bits per heavy atom. The molecule has 0 bridgehead atoms. The van der Waals surface area contributed by atoms with Crippen molar-refractivity contribution in [2.24, 2.45) is 5.73 Å². The summed E-state index contributed by atoms with van der Waals surface area (Å²) >= 11 is 1.71. The van der Waals surface area contributed by atoms with E-state index in [-0.39, 0.29) is 0 Å². The van der Waals surface area contributed by atoms with Gasteiger partial charge in [0.05, 0.1) is 18.4 Å². The molecule has 2 N–H and O–H groups in total.